The second kappa shape index (κ2) is 4.15. The van der Waals surface area contributed by atoms with Gasteiger partial charge in [-0.1, -0.05) is 36.4 Å². The van der Waals surface area contributed by atoms with Gasteiger partial charge in [-0.2, -0.15) is 0 Å². The van der Waals surface area contributed by atoms with E-state index >= 15 is 0 Å². The maximum atomic E-state index is 10.8. The zero-order valence-corrected chi connectivity index (χ0v) is 9.91. The minimum Gasteiger partial charge on any atom is -0.298 e. The van der Waals surface area contributed by atoms with Gasteiger partial charge in [0.2, 0.25) is 0 Å². The maximum Gasteiger partial charge on any atom is 0.150 e. The first kappa shape index (κ1) is 10.2. The highest BCUT2D eigenvalue weighted by Gasteiger charge is 2.06. The van der Waals surface area contributed by atoms with Crippen LogP contribution in [0.15, 0.2) is 53.9 Å². The molecule has 3 rings (SSSR count). The van der Waals surface area contributed by atoms with Gasteiger partial charge in [0.25, 0.3) is 0 Å². The molecule has 0 aliphatic carbocycles. The molecule has 3 aromatic rings. The molecule has 0 spiro atoms. The molecule has 82 valence electrons. The van der Waals surface area contributed by atoms with E-state index in [0.717, 1.165) is 17.2 Å². The molecule has 0 saturated heterocycles. The molecule has 17 heavy (non-hydrogen) atoms. The number of carbonyl (C=O) groups is 1. The van der Waals surface area contributed by atoms with E-state index < -0.39 is 0 Å². The lowest BCUT2D eigenvalue weighted by Crippen LogP contribution is -1.79. The van der Waals surface area contributed by atoms with Gasteiger partial charge in [0, 0.05) is 21.2 Å². The molecule has 2 heteroatoms. The standard InChI is InChI=1S/C15H10OS/c16-9-11-6-7-15-13(8-11)14(10-17-15)12-4-2-1-3-5-12/h1-10H. The number of hydrogen-bond donors (Lipinski definition) is 0. The SMILES string of the molecule is O=Cc1ccc2scc(-c3ccccc3)c2c1. The van der Waals surface area contributed by atoms with Crippen molar-refractivity contribution in [2.75, 3.05) is 0 Å². The highest BCUT2D eigenvalue weighted by molar-refractivity contribution is 7.17. The van der Waals surface area contributed by atoms with Gasteiger partial charge in [0.15, 0.2) is 0 Å². The molecule has 0 atom stereocenters. The number of aldehydes is 1. The topological polar surface area (TPSA) is 17.1 Å². The Hall–Kier alpha value is -1.93. The average molecular weight is 238 g/mol. The van der Waals surface area contributed by atoms with E-state index in [1.807, 2.05) is 36.4 Å². The minimum atomic E-state index is 0.730. The summed E-state index contributed by atoms with van der Waals surface area (Å²) in [4.78, 5) is 10.8. The summed E-state index contributed by atoms with van der Waals surface area (Å²) >= 11 is 1.71. The van der Waals surface area contributed by atoms with Crippen LogP contribution in [0.4, 0.5) is 0 Å². The Morgan fingerprint density at radius 2 is 1.82 bits per heavy atom. The number of hydrogen-bond acceptors (Lipinski definition) is 2. The molecule has 1 aromatic heterocycles. The van der Waals surface area contributed by atoms with Gasteiger partial charge in [-0.15, -0.1) is 11.3 Å². The van der Waals surface area contributed by atoms with Crippen molar-refractivity contribution in [1.29, 1.82) is 0 Å². The highest BCUT2D eigenvalue weighted by atomic mass is 32.1. The van der Waals surface area contributed by atoms with Crippen molar-refractivity contribution in [2.45, 2.75) is 0 Å². The summed E-state index contributed by atoms with van der Waals surface area (Å²) in [6.07, 6.45) is 0.895. The fraction of sp³-hybridized carbons (Fsp3) is 0. The zero-order valence-electron chi connectivity index (χ0n) is 9.09. The second-order valence-corrected chi connectivity index (χ2v) is 4.80. The first-order chi connectivity index (χ1) is 8.38. The van der Waals surface area contributed by atoms with Crippen molar-refractivity contribution in [3.8, 4) is 11.1 Å². The molecule has 0 aliphatic rings. The van der Waals surface area contributed by atoms with E-state index in [-0.39, 0.29) is 0 Å². The average Bonchev–Trinajstić information content (AvgIpc) is 2.82. The van der Waals surface area contributed by atoms with Crippen LogP contribution in [0.3, 0.4) is 0 Å². The number of fused-ring (bicyclic) bond motifs is 1. The zero-order chi connectivity index (χ0) is 11.7. The van der Waals surface area contributed by atoms with Crippen LogP contribution in [0.5, 0.6) is 0 Å². The summed E-state index contributed by atoms with van der Waals surface area (Å²) in [5, 5.41) is 3.31. The van der Waals surface area contributed by atoms with E-state index in [0.29, 0.717) is 0 Å². The maximum absolute atomic E-state index is 10.8. The summed E-state index contributed by atoms with van der Waals surface area (Å²) in [7, 11) is 0. The minimum absolute atomic E-state index is 0.730. The van der Waals surface area contributed by atoms with Crippen molar-refractivity contribution < 1.29 is 4.79 Å². The fourth-order valence-electron chi connectivity index (χ4n) is 1.96. The van der Waals surface area contributed by atoms with Gasteiger partial charge in [-0.25, -0.2) is 0 Å². The largest absolute Gasteiger partial charge is 0.298 e. The Morgan fingerprint density at radius 1 is 1.00 bits per heavy atom. The first-order valence-electron chi connectivity index (χ1n) is 5.40. The lowest BCUT2D eigenvalue weighted by Gasteiger charge is -1.99. The molecule has 1 nitrogen and oxygen atoms in total. The highest BCUT2D eigenvalue weighted by Crippen LogP contribution is 2.34. The summed E-state index contributed by atoms with van der Waals surface area (Å²) < 4.78 is 1.22. The third kappa shape index (κ3) is 1.77. The Bertz CT molecular complexity index is 668. The van der Waals surface area contributed by atoms with Gasteiger partial charge in [0.1, 0.15) is 6.29 Å². The van der Waals surface area contributed by atoms with Gasteiger partial charge in [0.05, 0.1) is 0 Å². The molecule has 0 bridgehead atoms. The predicted octanol–water partition coefficient (Wildman–Crippen LogP) is 4.38. The van der Waals surface area contributed by atoms with E-state index in [2.05, 4.69) is 17.5 Å². The summed E-state index contributed by atoms with van der Waals surface area (Å²) in [6.45, 7) is 0. The van der Waals surface area contributed by atoms with Crippen LogP contribution < -0.4 is 0 Å². The summed E-state index contributed by atoms with van der Waals surface area (Å²) in [5.41, 5.74) is 3.13. The van der Waals surface area contributed by atoms with E-state index in [1.54, 1.807) is 11.3 Å². The Balaban J connectivity index is 2.27. The number of rotatable bonds is 2. The molecule has 0 amide bonds. The third-order valence-electron chi connectivity index (χ3n) is 2.82. The lowest BCUT2D eigenvalue weighted by atomic mass is 10.0. The van der Waals surface area contributed by atoms with Crippen molar-refractivity contribution >= 4 is 27.7 Å². The Labute approximate surface area is 103 Å². The van der Waals surface area contributed by atoms with Crippen LogP contribution in [-0.4, -0.2) is 6.29 Å². The normalized spacial score (nSPS) is 10.6. The fourth-order valence-corrected chi connectivity index (χ4v) is 2.91. The second-order valence-electron chi connectivity index (χ2n) is 3.89. The van der Waals surface area contributed by atoms with Gasteiger partial charge in [-0.05, 0) is 23.1 Å². The molecule has 0 N–H and O–H groups in total. The quantitative estimate of drug-likeness (QED) is 0.605. The van der Waals surface area contributed by atoms with Crippen molar-refractivity contribution in [1.82, 2.24) is 0 Å². The van der Waals surface area contributed by atoms with Crippen molar-refractivity contribution in [3.63, 3.8) is 0 Å². The monoisotopic (exact) mass is 238 g/mol. The molecule has 0 fully saturated rings. The number of carbonyl (C=O) groups excluding carboxylic acids is 1. The lowest BCUT2D eigenvalue weighted by molar-refractivity contribution is 0.112. The van der Waals surface area contributed by atoms with Crippen LogP contribution in [-0.2, 0) is 0 Å². The summed E-state index contributed by atoms with van der Waals surface area (Å²) in [6, 6.07) is 16.1. The number of thiophene rings is 1. The Morgan fingerprint density at radius 3 is 2.59 bits per heavy atom. The van der Waals surface area contributed by atoms with Gasteiger partial charge >= 0.3 is 0 Å². The van der Waals surface area contributed by atoms with Gasteiger partial charge in [-0.3, -0.25) is 4.79 Å². The Kier molecular flexibility index (Phi) is 2.50. The van der Waals surface area contributed by atoms with Crippen LogP contribution in [0.25, 0.3) is 21.2 Å². The molecule has 0 unspecified atom stereocenters. The van der Waals surface area contributed by atoms with Crippen LogP contribution in [0.1, 0.15) is 10.4 Å². The first-order valence-corrected chi connectivity index (χ1v) is 6.28. The smallest absolute Gasteiger partial charge is 0.150 e. The molecular weight excluding hydrogens is 228 g/mol. The molecule has 0 radical (unpaired) electrons. The van der Waals surface area contributed by atoms with Crippen molar-refractivity contribution in [3.05, 3.63) is 59.5 Å². The van der Waals surface area contributed by atoms with Crippen LogP contribution in [0.2, 0.25) is 0 Å². The van der Waals surface area contributed by atoms with Crippen molar-refractivity contribution in [2.24, 2.45) is 0 Å². The molecule has 0 aliphatic heterocycles. The van der Waals surface area contributed by atoms with E-state index in [9.17, 15) is 4.79 Å². The molecule has 0 saturated carbocycles. The van der Waals surface area contributed by atoms with Gasteiger partial charge < -0.3 is 0 Å². The molecule has 1 heterocycles. The molecular formula is C15H10OS. The van der Waals surface area contributed by atoms with Crippen LogP contribution >= 0.6 is 11.3 Å². The van der Waals surface area contributed by atoms with Crippen LogP contribution in [0, 0.1) is 0 Å². The predicted molar refractivity (Wildman–Crippen MR) is 72.6 cm³/mol. The summed E-state index contributed by atoms with van der Waals surface area (Å²) in [5.74, 6) is 0. The third-order valence-corrected chi connectivity index (χ3v) is 3.78. The van der Waals surface area contributed by atoms with E-state index in [4.69, 9.17) is 0 Å². The van der Waals surface area contributed by atoms with E-state index in [1.165, 1.54) is 15.8 Å². The number of benzene rings is 2. The molecule has 2 aromatic carbocycles.